The number of amides is 1. The van der Waals surface area contributed by atoms with Gasteiger partial charge < -0.3 is 15.5 Å². The Morgan fingerprint density at radius 2 is 1.92 bits per heavy atom. The molecule has 0 aromatic heterocycles. The van der Waals surface area contributed by atoms with Crippen LogP contribution >= 0.6 is 24.0 Å². The van der Waals surface area contributed by atoms with E-state index in [0.717, 1.165) is 63.9 Å². The summed E-state index contributed by atoms with van der Waals surface area (Å²) in [7, 11) is -0.727. The van der Waals surface area contributed by atoms with Gasteiger partial charge >= 0.3 is 0 Å². The minimum absolute atomic E-state index is 0. The third-order valence-corrected chi connectivity index (χ3v) is 6.54. The predicted octanol–water partition coefficient (Wildman–Crippen LogP) is 1.86. The summed E-state index contributed by atoms with van der Waals surface area (Å²) in [6.07, 6.45) is 6.35. The van der Waals surface area contributed by atoms with E-state index >= 15 is 0 Å². The Kier molecular flexibility index (Phi) is 11.0. The highest BCUT2D eigenvalue weighted by molar-refractivity contribution is 14.0. The maximum atomic E-state index is 12.1. The molecule has 3 atom stereocenters. The van der Waals surface area contributed by atoms with Crippen LogP contribution in [-0.4, -0.2) is 64.2 Å². The first-order chi connectivity index (χ1) is 11.6. The molecule has 2 rings (SSSR count). The molecule has 0 aromatic rings. The van der Waals surface area contributed by atoms with Gasteiger partial charge in [0.05, 0.1) is 0 Å². The topological polar surface area (TPSA) is 73.8 Å². The van der Waals surface area contributed by atoms with Crippen molar-refractivity contribution in [2.75, 3.05) is 31.9 Å². The Hall–Kier alpha value is -0.380. The fourth-order valence-corrected chi connectivity index (χ4v) is 4.83. The van der Waals surface area contributed by atoms with Gasteiger partial charge in [0.15, 0.2) is 5.96 Å². The number of likely N-dealkylation sites (tertiary alicyclic amines) is 1. The maximum Gasteiger partial charge on any atom is 0.244 e. The first-order valence-corrected chi connectivity index (χ1v) is 10.7. The third kappa shape index (κ3) is 7.40. The fourth-order valence-electron chi connectivity index (χ4n) is 3.48. The van der Waals surface area contributed by atoms with Crippen molar-refractivity contribution in [1.82, 2.24) is 15.5 Å². The largest absolute Gasteiger partial charge is 0.357 e. The molecule has 146 valence electrons. The van der Waals surface area contributed by atoms with Gasteiger partial charge in [-0.2, -0.15) is 0 Å². The van der Waals surface area contributed by atoms with E-state index in [1.165, 1.54) is 0 Å². The Balaban J connectivity index is 0.00000312. The monoisotopic (exact) mass is 484 g/mol. The van der Waals surface area contributed by atoms with Gasteiger partial charge in [0.2, 0.25) is 5.91 Å². The van der Waals surface area contributed by atoms with Crippen LogP contribution < -0.4 is 10.6 Å². The van der Waals surface area contributed by atoms with E-state index in [1.807, 2.05) is 18.7 Å². The van der Waals surface area contributed by atoms with Gasteiger partial charge in [-0.1, -0.05) is 13.3 Å². The molecule has 2 aliphatic rings. The summed E-state index contributed by atoms with van der Waals surface area (Å²) in [5.41, 5.74) is 0. The number of rotatable bonds is 6. The second-order valence-corrected chi connectivity index (χ2v) is 8.59. The number of guanidine groups is 1. The van der Waals surface area contributed by atoms with Crippen molar-refractivity contribution in [3.63, 3.8) is 0 Å². The van der Waals surface area contributed by atoms with Gasteiger partial charge in [-0.3, -0.25) is 9.00 Å². The molecule has 1 amide bonds. The lowest BCUT2D eigenvalue weighted by Gasteiger charge is -2.30. The second kappa shape index (κ2) is 12.1. The molecule has 3 unspecified atom stereocenters. The molecule has 1 aliphatic carbocycles. The quantitative estimate of drug-likeness (QED) is 0.343. The van der Waals surface area contributed by atoms with Crippen LogP contribution in [-0.2, 0) is 15.6 Å². The van der Waals surface area contributed by atoms with E-state index in [2.05, 4.69) is 15.6 Å². The summed E-state index contributed by atoms with van der Waals surface area (Å²) in [5, 5.41) is 6.96. The molecular formula is C17H33IN4O2S. The van der Waals surface area contributed by atoms with Crippen LogP contribution in [0.1, 0.15) is 52.4 Å². The lowest BCUT2D eigenvalue weighted by atomic mass is 9.95. The van der Waals surface area contributed by atoms with Gasteiger partial charge in [0.25, 0.3) is 0 Å². The number of carbonyl (C=O) groups is 1. The van der Waals surface area contributed by atoms with Gasteiger partial charge in [0.1, 0.15) is 6.54 Å². The molecule has 2 fully saturated rings. The zero-order valence-electron chi connectivity index (χ0n) is 15.5. The van der Waals surface area contributed by atoms with E-state index in [1.54, 1.807) is 0 Å². The molecule has 2 N–H and O–H groups in total. The number of nitrogens with one attached hydrogen (secondary N) is 2. The van der Waals surface area contributed by atoms with Gasteiger partial charge in [-0.25, -0.2) is 4.99 Å². The highest BCUT2D eigenvalue weighted by Gasteiger charge is 2.26. The van der Waals surface area contributed by atoms with Crippen molar-refractivity contribution in [3.05, 3.63) is 0 Å². The number of aliphatic imine (C=N–C) groups is 1. The molecule has 0 aromatic carbocycles. The lowest BCUT2D eigenvalue weighted by Crippen LogP contribution is -2.47. The van der Waals surface area contributed by atoms with Crippen molar-refractivity contribution >= 4 is 46.6 Å². The molecular weight excluding hydrogens is 451 g/mol. The van der Waals surface area contributed by atoms with Gasteiger partial charge in [0, 0.05) is 47.5 Å². The van der Waals surface area contributed by atoms with Crippen molar-refractivity contribution in [2.24, 2.45) is 4.99 Å². The molecule has 8 heteroatoms. The van der Waals surface area contributed by atoms with E-state index in [0.29, 0.717) is 12.0 Å². The number of carbonyl (C=O) groups excluding carboxylic acids is 1. The Labute approximate surface area is 171 Å². The van der Waals surface area contributed by atoms with E-state index < -0.39 is 10.8 Å². The van der Waals surface area contributed by atoms with Crippen molar-refractivity contribution in [2.45, 2.75) is 63.7 Å². The predicted molar refractivity (Wildman–Crippen MR) is 115 cm³/mol. The summed E-state index contributed by atoms with van der Waals surface area (Å²) in [6.45, 7) is 6.71. The van der Waals surface area contributed by atoms with E-state index in [4.69, 9.17) is 0 Å². The first-order valence-electron chi connectivity index (χ1n) is 9.33. The summed E-state index contributed by atoms with van der Waals surface area (Å²) in [4.78, 5) is 18.5. The van der Waals surface area contributed by atoms with Gasteiger partial charge in [-0.05, 0) is 39.0 Å². The number of hydrogen-bond acceptors (Lipinski definition) is 3. The maximum absolute atomic E-state index is 12.1. The molecule has 0 spiro atoms. The molecule has 1 saturated carbocycles. The van der Waals surface area contributed by atoms with Gasteiger partial charge in [-0.15, -0.1) is 24.0 Å². The van der Waals surface area contributed by atoms with Crippen LogP contribution in [0.3, 0.4) is 0 Å². The first kappa shape index (κ1) is 22.7. The zero-order valence-corrected chi connectivity index (χ0v) is 18.6. The molecule has 0 bridgehead atoms. The molecule has 1 saturated heterocycles. The highest BCUT2D eigenvalue weighted by atomic mass is 127. The highest BCUT2D eigenvalue weighted by Crippen LogP contribution is 2.23. The van der Waals surface area contributed by atoms with Crippen LogP contribution in [0.25, 0.3) is 0 Å². The average molecular weight is 484 g/mol. The Bertz CT molecular complexity index is 470. The molecule has 1 aliphatic heterocycles. The lowest BCUT2D eigenvalue weighted by molar-refractivity contribution is -0.128. The normalized spacial score (nSPS) is 25.2. The molecule has 1 heterocycles. The molecule has 0 radical (unpaired) electrons. The number of hydrogen-bond donors (Lipinski definition) is 2. The smallest absolute Gasteiger partial charge is 0.244 e. The Morgan fingerprint density at radius 1 is 1.20 bits per heavy atom. The van der Waals surface area contributed by atoms with Crippen molar-refractivity contribution in [3.8, 4) is 0 Å². The van der Waals surface area contributed by atoms with Crippen LogP contribution in [0.2, 0.25) is 0 Å². The van der Waals surface area contributed by atoms with Crippen LogP contribution in [0, 0.1) is 0 Å². The SMILES string of the molecule is CCNC(=NCC(=O)N1CCCC1)NC1CCCC(S(=O)CC)C1.I. The standard InChI is InChI=1S/C17H32N4O2S.HI/c1-3-18-17(19-13-16(22)21-10-5-6-11-21)20-14-8-7-9-15(12-14)24(23)4-2;/h14-15H,3-13H2,1-2H3,(H2,18,19,20);1H. The number of halogens is 1. The average Bonchev–Trinajstić information content (AvgIpc) is 3.14. The third-order valence-electron chi connectivity index (χ3n) is 4.80. The summed E-state index contributed by atoms with van der Waals surface area (Å²) in [6, 6.07) is 0.291. The van der Waals surface area contributed by atoms with Crippen LogP contribution in [0.4, 0.5) is 0 Å². The fraction of sp³-hybridized carbons (Fsp3) is 0.882. The zero-order chi connectivity index (χ0) is 17.4. The van der Waals surface area contributed by atoms with E-state index in [9.17, 15) is 9.00 Å². The molecule has 6 nitrogen and oxygen atoms in total. The van der Waals surface area contributed by atoms with Crippen LogP contribution in [0.5, 0.6) is 0 Å². The van der Waals surface area contributed by atoms with E-state index in [-0.39, 0.29) is 41.7 Å². The van der Waals surface area contributed by atoms with Crippen LogP contribution in [0.15, 0.2) is 4.99 Å². The summed E-state index contributed by atoms with van der Waals surface area (Å²) < 4.78 is 12.1. The summed E-state index contributed by atoms with van der Waals surface area (Å²) in [5.74, 6) is 1.55. The molecule has 25 heavy (non-hydrogen) atoms. The number of nitrogens with zero attached hydrogens (tertiary/aromatic N) is 2. The summed E-state index contributed by atoms with van der Waals surface area (Å²) >= 11 is 0. The van der Waals surface area contributed by atoms with Crippen molar-refractivity contribution in [1.29, 1.82) is 0 Å². The van der Waals surface area contributed by atoms with Crippen molar-refractivity contribution < 1.29 is 9.00 Å². The Morgan fingerprint density at radius 3 is 2.56 bits per heavy atom. The second-order valence-electron chi connectivity index (χ2n) is 6.58. The minimum Gasteiger partial charge on any atom is -0.357 e. The minimum atomic E-state index is -0.727.